The first-order valence-corrected chi connectivity index (χ1v) is 6.66. The number of nitrogens with zero attached hydrogens (tertiary/aromatic N) is 4. The fourth-order valence-electron chi connectivity index (χ4n) is 2.07. The monoisotopic (exact) mass is 259 g/mol. The molecule has 2 rings (SSSR count). The third-order valence-electron chi connectivity index (χ3n) is 3.17. The molecule has 2 heterocycles. The van der Waals surface area contributed by atoms with Gasteiger partial charge in [0.25, 0.3) is 0 Å². The van der Waals surface area contributed by atoms with Gasteiger partial charge in [-0.1, -0.05) is 6.92 Å². The van der Waals surface area contributed by atoms with Crippen molar-refractivity contribution in [3.05, 3.63) is 29.3 Å². The fourth-order valence-corrected chi connectivity index (χ4v) is 2.07. The normalized spacial score (nSPS) is 10.9. The van der Waals surface area contributed by atoms with E-state index in [1.807, 2.05) is 31.7 Å². The van der Waals surface area contributed by atoms with Gasteiger partial charge in [-0.15, -0.1) is 0 Å². The van der Waals surface area contributed by atoms with Crippen molar-refractivity contribution in [2.75, 3.05) is 6.54 Å². The Balaban J connectivity index is 2.29. The zero-order chi connectivity index (χ0) is 13.8. The minimum absolute atomic E-state index is 0.696. The number of aromatic nitrogens is 4. The standard InChI is InChI=1S/C14H21N5/c1-5-6-15-9-12-10(2)17-13(18-11(12)3)14-16-7-8-19(14)4/h7-8,15H,5-6,9H2,1-4H3. The quantitative estimate of drug-likeness (QED) is 0.834. The molecule has 1 N–H and O–H groups in total. The molecule has 19 heavy (non-hydrogen) atoms. The maximum absolute atomic E-state index is 4.58. The lowest BCUT2D eigenvalue weighted by molar-refractivity contribution is 0.665. The largest absolute Gasteiger partial charge is 0.331 e. The fraction of sp³-hybridized carbons (Fsp3) is 0.500. The van der Waals surface area contributed by atoms with Crippen molar-refractivity contribution in [1.29, 1.82) is 0 Å². The molecule has 2 aromatic heterocycles. The number of aryl methyl sites for hydroxylation is 3. The van der Waals surface area contributed by atoms with Crippen LogP contribution in [0.25, 0.3) is 11.6 Å². The van der Waals surface area contributed by atoms with Gasteiger partial charge in [0.1, 0.15) is 0 Å². The minimum atomic E-state index is 0.696. The molecule has 5 nitrogen and oxygen atoms in total. The lowest BCUT2D eigenvalue weighted by atomic mass is 10.1. The van der Waals surface area contributed by atoms with Crippen LogP contribution in [0.15, 0.2) is 12.4 Å². The maximum atomic E-state index is 4.58. The summed E-state index contributed by atoms with van der Waals surface area (Å²) >= 11 is 0. The molecule has 0 bridgehead atoms. The second kappa shape index (κ2) is 5.93. The van der Waals surface area contributed by atoms with E-state index in [-0.39, 0.29) is 0 Å². The van der Waals surface area contributed by atoms with E-state index < -0.39 is 0 Å². The Kier molecular flexibility index (Phi) is 4.27. The molecule has 0 aliphatic carbocycles. The molecule has 0 radical (unpaired) electrons. The van der Waals surface area contributed by atoms with E-state index in [1.165, 1.54) is 5.56 Å². The SMILES string of the molecule is CCCNCc1c(C)nc(-c2nccn2C)nc1C. The van der Waals surface area contributed by atoms with Gasteiger partial charge in [0.15, 0.2) is 11.6 Å². The summed E-state index contributed by atoms with van der Waals surface area (Å²) in [4.78, 5) is 13.5. The molecule has 5 heteroatoms. The number of hydrogen-bond donors (Lipinski definition) is 1. The Bertz CT molecular complexity index is 536. The highest BCUT2D eigenvalue weighted by Gasteiger charge is 2.12. The van der Waals surface area contributed by atoms with Crippen LogP contribution >= 0.6 is 0 Å². The summed E-state index contributed by atoms with van der Waals surface area (Å²) in [5.74, 6) is 1.50. The Morgan fingerprint density at radius 1 is 1.21 bits per heavy atom. The van der Waals surface area contributed by atoms with E-state index in [9.17, 15) is 0 Å². The van der Waals surface area contributed by atoms with Gasteiger partial charge >= 0.3 is 0 Å². The topological polar surface area (TPSA) is 55.6 Å². The van der Waals surface area contributed by atoms with Crippen LogP contribution in [0.5, 0.6) is 0 Å². The summed E-state index contributed by atoms with van der Waals surface area (Å²) < 4.78 is 1.93. The van der Waals surface area contributed by atoms with Crippen LogP contribution in [0.2, 0.25) is 0 Å². The van der Waals surface area contributed by atoms with Crippen LogP contribution in [0, 0.1) is 13.8 Å². The molecule has 0 aromatic carbocycles. The Morgan fingerprint density at radius 3 is 2.42 bits per heavy atom. The van der Waals surface area contributed by atoms with Crippen molar-refractivity contribution in [3.63, 3.8) is 0 Å². The summed E-state index contributed by atoms with van der Waals surface area (Å²) in [5, 5.41) is 3.40. The summed E-state index contributed by atoms with van der Waals surface area (Å²) in [6, 6.07) is 0. The highest BCUT2D eigenvalue weighted by atomic mass is 15.1. The van der Waals surface area contributed by atoms with Gasteiger partial charge in [0, 0.05) is 42.9 Å². The van der Waals surface area contributed by atoms with E-state index in [0.29, 0.717) is 5.82 Å². The van der Waals surface area contributed by atoms with E-state index in [2.05, 4.69) is 27.2 Å². The van der Waals surface area contributed by atoms with Crippen molar-refractivity contribution in [2.45, 2.75) is 33.7 Å². The first kappa shape index (κ1) is 13.7. The van der Waals surface area contributed by atoms with Crippen LogP contribution in [-0.4, -0.2) is 26.1 Å². The summed E-state index contributed by atoms with van der Waals surface area (Å²) in [6.45, 7) is 8.06. The predicted molar refractivity (Wildman–Crippen MR) is 75.7 cm³/mol. The van der Waals surface area contributed by atoms with Crippen LogP contribution in [0.3, 0.4) is 0 Å². The molecule has 0 unspecified atom stereocenters. The molecule has 102 valence electrons. The van der Waals surface area contributed by atoms with Crippen LogP contribution in [0.1, 0.15) is 30.3 Å². The average Bonchev–Trinajstić information content (AvgIpc) is 2.79. The molecule has 0 aliphatic rings. The van der Waals surface area contributed by atoms with Crippen molar-refractivity contribution in [1.82, 2.24) is 24.8 Å². The summed E-state index contributed by atoms with van der Waals surface area (Å²) in [7, 11) is 1.95. The first-order valence-electron chi connectivity index (χ1n) is 6.66. The number of rotatable bonds is 5. The van der Waals surface area contributed by atoms with E-state index >= 15 is 0 Å². The molecule has 0 fully saturated rings. The van der Waals surface area contributed by atoms with E-state index in [1.54, 1.807) is 6.20 Å². The van der Waals surface area contributed by atoms with Crippen molar-refractivity contribution < 1.29 is 0 Å². The number of imidazole rings is 1. The maximum Gasteiger partial charge on any atom is 0.196 e. The molecule has 0 amide bonds. The summed E-state index contributed by atoms with van der Waals surface area (Å²) in [6.07, 6.45) is 4.80. The molecule has 0 aliphatic heterocycles. The third-order valence-corrected chi connectivity index (χ3v) is 3.17. The molecule has 0 saturated heterocycles. The van der Waals surface area contributed by atoms with Gasteiger partial charge in [-0.25, -0.2) is 15.0 Å². The van der Waals surface area contributed by atoms with E-state index in [0.717, 1.165) is 36.7 Å². The molecule has 0 spiro atoms. The van der Waals surface area contributed by atoms with Gasteiger partial charge in [0.2, 0.25) is 0 Å². The Labute approximate surface area is 114 Å². The minimum Gasteiger partial charge on any atom is -0.331 e. The molecular formula is C14H21N5. The Hall–Kier alpha value is -1.75. The van der Waals surface area contributed by atoms with Gasteiger partial charge in [0.05, 0.1) is 0 Å². The molecule has 0 saturated carbocycles. The zero-order valence-electron chi connectivity index (χ0n) is 12.1. The predicted octanol–water partition coefficient (Wildman–Crippen LogP) is 1.99. The zero-order valence-corrected chi connectivity index (χ0v) is 12.1. The van der Waals surface area contributed by atoms with Crippen molar-refractivity contribution >= 4 is 0 Å². The van der Waals surface area contributed by atoms with Gasteiger partial charge < -0.3 is 9.88 Å². The molecule has 0 atom stereocenters. The number of hydrogen-bond acceptors (Lipinski definition) is 4. The van der Waals surface area contributed by atoms with E-state index in [4.69, 9.17) is 0 Å². The lowest BCUT2D eigenvalue weighted by Crippen LogP contribution is -2.17. The second-order valence-corrected chi connectivity index (χ2v) is 4.74. The van der Waals surface area contributed by atoms with Crippen molar-refractivity contribution in [2.24, 2.45) is 7.05 Å². The molecule has 2 aromatic rings. The van der Waals surface area contributed by atoms with Crippen molar-refractivity contribution in [3.8, 4) is 11.6 Å². The second-order valence-electron chi connectivity index (χ2n) is 4.74. The van der Waals surface area contributed by atoms with Gasteiger partial charge in [-0.3, -0.25) is 0 Å². The van der Waals surface area contributed by atoms with Crippen LogP contribution < -0.4 is 5.32 Å². The Morgan fingerprint density at radius 2 is 1.89 bits per heavy atom. The lowest BCUT2D eigenvalue weighted by Gasteiger charge is -2.11. The highest BCUT2D eigenvalue weighted by molar-refractivity contribution is 5.46. The summed E-state index contributed by atoms with van der Waals surface area (Å²) in [5.41, 5.74) is 3.23. The third kappa shape index (κ3) is 2.98. The molecular weight excluding hydrogens is 238 g/mol. The smallest absolute Gasteiger partial charge is 0.196 e. The highest BCUT2D eigenvalue weighted by Crippen LogP contribution is 2.16. The first-order chi connectivity index (χ1) is 9.13. The van der Waals surface area contributed by atoms with Crippen LogP contribution in [-0.2, 0) is 13.6 Å². The number of nitrogens with one attached hydrogen (secondary N) is 1. The average molecular weight is 259 g/mol. The van der Waals surface area contributed by atoms with Gasteiger partial charge in [-0.05, 0) is 26.8 Å². The van der Waals surface area contributed by atoms with Crippen LogP contribution in [0.4, 0.5) is 0 Å². The van der Waals surface area contributed by atoms with Gasteiger partial charge in [-0.2, -0.15) is 0 Å².